The number of benzene rings is 1. The Hall–Kier alpha value is -1.71. The number of hydrogen-bond donors (Lipinski definition) is 2. The SMILES string of the molecule is COc1ccc(S(=O)(=O)NC(C)(CN)CC(C)C)c([N+](=O)[O-])c1. The Labute approximate surface area is 136 Å². The Bertz CT molecular complexity index is 675. The van der Waals surface area contributed by atoms with Crippen LogP contribution in [0.3, 0.4) is 0 Å². The second kappa shape index (κ2) is 7.24. The maximum atomic E-state index is 12.6. The number of hydrogen-bond acceptors (Lipinski definition) is 6. The molecule has 1 unspecified atom stereocenters. The molecule has 0 amide bonds. The summed E-state index contributed by atoms with van der Waals surface area (Å²) < 4.78 is 32.6. The van der Waals surface area contributed by atoms with Crippen molar-refractivity contribution in [2.45, 2.75) is 37.6 Å². The standard InChI is InChI=1S/C14H23N3O5S/c1-10(2)8-14(3,9-15)16-23(20,21)13-6-5-11(22-4)7-12(13)17(18)19/h5-7,10,16H,8-9,15H2,1-4H3. The minimum Gasteiger partial charge on any atom is -0.497 e. The van der Waals surface area contributed by atoms with Gasteiger partial charge in [0.15, 0.2) is 4.90 Å². The molecule has 9 heteroatoms. The van der Waals surface area contributed by atoms with Crippen LogP contribution in [-0.2, 0) is 10.0 Å². The van der Waals surface area contributed by atoms with Gasteiger partial charge in [0, 0.05) is 12.1 Å². The van der Waals surface area contributed by atoms with Crippen LogP contribution in [0.4, 0.5) is 5.69 Å². The molecule has 0 spiro atoms. The molecule has 0 saturated heterocycles. The topological polar surface area (TPSA) is 125 Å². The number of nitro benzene ring substituents is 1. The summed E-state index contributed by atoms with van der Waals surface area (Å²) in [5.41, 5.74) is 4.27. The molecule has 0 bridgehead atoms. The molecule has 0 radical (unpaired) electrons. The summed E-state index contributed by atoms with van der Waals surface area (Å²) >= 11 is 0. The number of nitro groups is 1. The van der Waals surface area contributed by atoms with Crippen molar-refractivity contribution in [1.29, 1.82) is 0 Å². The third-order valence-electron chi connectivity index (χ3n) is 3.34. The third kappa shape index (κ3) is 4.88. The van der Waals surface area contributed by atoms with Gasteiger partial charge in [-0.1, -0.05) is 13.8 Å². The van der Waals surface area contributed by atoms with Crippen molar-refractivity contribution in [2.75, 3.05) is 13.7 Å². The van der Waals surface area contributed by atoms with Crippen LogP contribution in [0.2, 0.25) is 0 Å². The van der Waals surface area contributed by atoms with E-state index in [0.29, 0.717) is 6.42 Å². The summed E-state index contributed by atoms with van der Waals surface area (Å²) in [4.78, 5) is 10.0. The van der Waals surface area contributed by atoms with Gasteiger partial charge in [-0.15, -0.1) is 0 Å². The first-order chi connectivity index (χ1) is 10.5. The molecule has 0 heterocycles. The van der Waals surface area contributed by atoms with Crippen LogP contribution in [0.15, 0.2) is 23.1 Å². The molecule has 1 aromatic rings. The van der Waals surface area contributed by atoms with Crippen molar-refractivity contribution >= 4 is 15.7 Å². The molecule has 0 saturated carbocycles. The fourth-order valence-electron chi connectivity index (χ4n) is 2.44. The van der Waals surface area contributed by atoms with Gasteiger partial charge in [-0.05, 0) is 31.4 Å². The number of nitrogens with one attached hydrogen (secondary N) is 1. The number of rotatable bonds is 8. The zero-order valence-electron chi connectivity index (χ0n) is 13.7. The van der Waals surface area contributed by atoms with Crippen LogP contribution in [-0.4, -0.2) is 32.5 Å². The van der Waals surface area contributed by atoms with Gasteiger partial charge in [-0.2, -0.15) is 0 Å². The van der Waals surface area contributed by atoms with Gasteiger partial charge in [0.25, 0.3) is 5.69 Å². The Kier molecular flexibility index (Phi) is 6.09. The van der Waals surface area contributed by atoms with Crippen LogP contribution >= 0.6 is 0 Å². The average Bonchev–Trinajstić information content (AvgIpc) is 2.45. The van der Waals surface area contributed by atoms with Gasteiger partial charge in [-0.25, -0.2) is 13.1 Å². The molecule has 23 heavy (non-hydrogen) atoms. The molecule has 8 nitrogen and oxygen atoms in total. The molecule has 0 aliphatic heterocycles. The van der Waals surface area contributed by atoms with E-state index in [1.54, 1.807) is 6.92 Å². The monoisotopic (exact) mass is 345 g/mol. The maximum Gasteiger partial charge on any atom is 0.293 e. The van der Waals surface area contributed by atoms with E-state index in [1.165, 1.54) is 13.2 Å². The van der Waals surface area contributed by atoms with Crippen LogP contribution in [0.1, 0.15) is 27.2 Å². The number of nitrogens with zero attached hydrogens (tertiary/aromatic N) is 1. The normalized spacial score (nSPS) is 14.5. The summed E-state index contributed by atoms with van der Waals surface area (Å²) in [7, 11) is -2.76. The largest absolute Gasteiger partial charge is 0.497 e. The first kappa shape index (κ1) is 19.3. The van der Waals surface area contributed by atoms with Crippen LogP contribution < -0.4 is 15.2 Å². The van der Waals surface area contributed by atoms with E-state index in [1.807, 2.05) is 13.8 Å². The summed E-state index contributed by atoms with van der Waals surface area (Å²) in [6.07, 6.45) is 0.507. The molecule has 0 aliphatic carbocycles. The molecule has 3 N–H and O–H groups in total. The highest BCUT2D eigenvalue weighted by Crippen LogP contribution is 2.29. The zero-order chi connectivity index (χ0) is 17.8. The van der Waals surface area contributed by atoms with E-state index in [9.17, 15) is 18.5 Å². The summed E-state index contributed by atoms with van der Waals surface area (Å²) in [6.45, 7) is 5.64. The highest BCUT2D eigenvalue weighted by molar-refractivity contribution is 7.89. The summed E-state index contributed by atoms with van der Waals surface area (Å²) in [5.74, 6) is 0.413. The third-order valence-corrected chi connectivity index (χ3v) is 5.03. The number of methoxy groups -OCH3 is 1. The van der Waals surface area contributed by atoms with Crippen LogP contribution in [0, 0.1) is 16.0 Å². The van der Waals surface area contributed by atoms with E-state index in [-0.39, 0.29) is 18.2 Å². The summed E-state index contributed by atoms with van der Waals surface area (Å²) in [5, 5.41) is 11.2. The van der Waals surface area contributed by atoms with Gasteiger partial charge >= 0.3 is 0 Å². The van der Waals surface area contributed by atoms with E-state index >= 15 is 0 Å². The predicted octanol–water partition coefficient (Wildman–Crippen LogP) is 1.65. The smallest absolute Gasteiger partial charge is 0.293 e. The van der Waals surface area contributed by atoms with Crippen molar-refractivity contribution in [3.8, 4) is 5.75 Å². The highest BCUT2D eigenvalue weighted by Gasteiger charge is 2.34. The first-order valence-electron chi connectivity index (χ1n) is 7.11. The minimum absolute atomic E-state index is 0.0777. The lowest BCUT2D eigenvalue weighted by Crippen LogP contribution is -2.52. The number of nitrogens with two attached hydrogens (primary N) is 1. The average molecular weight is 345 g/mol. The molecule has 0 aliphatic rings. The van der Waals surface area contributed by atoms with Crippen molar-refractivity contribution in [3.63, 3.8) is 0 Å². The predicted molar refractivity (Wildman–Crippen MR) is 86.9 cm³/mol. The maximum absolute atomic E-state index is 12.6. The molecule has 130 valence electrons. The lowest BCUT2D eigenvalue weighted by molar-refractivity contribution is -0.387. The molecular formula is C14H23N3O5S. The van der Waals surface area contributed by atoms with Gasteiger partial charge in [-0.3, -0.25) is 10.1 Å². The van der Waals surface area contributed by atoms with Crippen LogP contribution in [0.5, 0.6) is 5.75 Å². The molecule has 0 aromatic heterocycles. The fourth-order valence-corrected chi connectivity index (χ4v) is 4.02. The van der Waals surface area contributed by atoms with Crippen molar-refractivity contribution in [2.24, 2.45) is 11.7 Å². The van der Waals surface area contributed by atoms with Crippen molar-refractivity contribution < 1.29 is 18.1 Å². The quantitative estimate of drug-likeness (QED) is 0.545. The first-order valence-corrected chi connectivity index (χ1v) is 8.59. The molecule has 0 fully saturated rings. The molecular weight excluding hydrogens is 322 g/mol. The lowest BCUT2D eigenvalue weighted by Gasteiger charge is -2.30. The van der Waals surface area contributed by atoms with Gasteiger partial charge < -0.3 is 10.5 Å². The second-order valence-corrected chi connectivity index (χ2v) is 7.71. The summed E-state index contributed by atoms with van der Waals surface area (Å²) in [6, 6.07) is 3.60. The van der Waals surface area contributed by atoms with Gasteiger partial charge in [0.05, 0.1) is 18.1 Å². The Morgan fingerprint density at radius 2 is 2.04 bits per heavy atom. The Balaban J connectivity index is 3.30. The molecule has 1 aromatic carbocycles. The van der Waals surface area contributed by atoms with E-state index in [0.717, 1.165) is 12.1 Å². The lowest BCUT2D eigenvalue weighted by atomic mass is 9.92. The molecule has 1 atom stereocenters. The van der Waals surface area contributed by atoms with Gasteiger partial charge in [0.2, 0.25) is 10.0 Å². The van der Waals surface area contributed by atoms with Crippen molar-refractivity contribution in [1.82, 2.24) is 4.72 Å². The van der Waals surface area contributed by atoms with E-state index in [2.05, 4.69) is 4.72 Å². The Morgan fingerprint density at radius 1 is 1.43 bits per heavy atom. The fraction of sp³-hybridized carbons (Fsp3) is 0.571. The highest BCUT2D eigenvalue weighted by atomic mass is 32.2. The number of ether oxygens (including phenoxy) is 1. The minimum atomic E-state index is -4.10. The molecule has 1 rings (SSSR count). The van der Waals surface area contributed by atoms with E-state index < -0.39 is 31.1 Å². The van der Waals surface area contributed by atoms with Crippen LogP contribution in [0.25, 0.3) is 0 Å². The van der Waals surface area contributed by atoms with Gasteiger partial charge in [0.1, 0.15) is 5.75 Å². The van der Waals surface area contributed by atoms with E-state index in [4.69, 9.17) is 10.5 Å². The second-order valence-electron chi connectivity index (χ2n) is 6.06. The van der Waals surface area contributed by atoms with Crippen molar-refractivity contribution in [3.05, 3.63) is 28.3 Å². The zero-order valence-corrected chi connectivity index (χ0v) is 14.5. The Morgan fingerprint density at radius 3 is 2.48 bits per heavy atom. The number of sulfonamides is 1.